The number of halogens is 4. The molecule has 2 N–H and O–H groups in total. The van der Waals surface area contributed by atoms with Crippen LogP contribution in [0.5, 0.6) is 11.5 Å². The Labute approximate surface area is 370 Å². The zero-order chi connectivity index (χ0) is 43.6. The van der Waals surface area contributed by atoms with E-state index in [0.29, 0.717) is 74.9 Å². The summed E-state index contributed by atoms with van der Waals surface area (Å²) in [5, 5.41) is 19.8. The second kappa shape index (κ2) is 20.4. The van der Waals surface area contributed by atoms with Crippen LogP contribution < -0.4 is 9.47 Å². The molecule has 0 saturated heterocycles. The minimum atomic E-state index is -0.963. The van der Waals surface area contributed by atoms with E-state index >= 15 is 0 Å². The Balaban J connectivity index is 0.000000173. The summed E-state index contributed by atoms with van der Waals surface area (Å²) in [6, 6.07) is 33.9. The maximum absolute atomic E-state index is 12.7. The number of hydrogen-bond acceptors (Lipinski definition) is 7. The quantitative estimate of drug-likeness (QED) is 0.101. The first-order valence-corrected chi connectivity index (χ1v) is 20.1. The minimum absolute atomic E-state index is 0.0168. The van der Waals surface area contributed by atoms with Crippen LogP contribution in [0.3, 0.4) is 0 Å². The number of benzene rings is 6. The summed E-state index contributed by atoms with van der Waals surface area (Å²) in [6.45, 7) is 0.670. The summed E-state index contributed by atoms with van der Waals surface area (Å²) in [5.41, 5.74) is 7.60. The lowest BCUT2D eigenvalue weighted by Gasteiger charge is -2.08. The molecule has 13 heteroatoms. The third kappa shape index (κ3) is 12.2. The summed E-state index contributed by atoms with van der Waals surface area (Å²) < 4.78 is 11.5. The number of ketones is 2. The monoisotopic (exact) mass is 894 g/mol. The Kier molecular flexibility index (Phi) is 14.8. The van der Waals surface area contributed by atoms with E-state index in [0.717, 1.165) is 45.6 Å². The number of carbonyl (C=O) groups excluding carboxylic acids is 3. The number of carboxylic acids is 2. The number of carboxylic acid groups (broad SMARTS) is 2. The number of aryl methyl sites for hydroxylation is 1. The van der Waals surface area contributed by atoms with Crippen molar-refractivity contribution in [3.8, 4) is 11.5 Å². The number of rotatable bonds is 10. The van der Waals surface area contributed by atoms with Gasteiger partial charge in [-0.25, -0.2) is 9.59 Å². The van der Waals surface area contributed by atoms with Crippen molar-refractivity contribution in [2.45, 2.75) is 32.5 Å². The van der Waals surface area contributed by atoms with Gasteiger partial charge < -0.3 is 19.7 Å². The molecule has 6 aromatic carbocycles. The molecular formula is C48H34Cl4O9. The molecule has 0 fully saturated rings. The first-order valence-electron chi connectivity index (χ1n) is 18.6. The van der Waals surface area contributed by atoms with Gasteiger partial charge in [-0.05, 0) is 137 Å². The van der Waals surface area contributed by atoms with Gasteiger partial charge in [-0.3, -0.25) is 14.4 Å². The van der Waals surface area contributed by atoms with E-state index in [9.17, 15) is 24.0 Å². The smallest absolute Gasteiger partial charge is 0.335 e. The van der Waals surface area contributed by atoms with Gasteiger partial charge in [-0.15, -0.1) is 0 Å². The molecule has 2 aliphatic carbocycles. The fourth-order valence-electron chi connectivity index (χ4n) is 6.45. The van der Waals surface area contributed by atoms with E-state index in [1.54, 1.807) is 103 Å². The molecule has 8 rings (SSSR count). The van der Waals surface area contributed by atoms with Crippen LogP contribution in [0.15, 0.2) is 127 Å². The molecule has 2 aliphatic rings. The Morgan fingerprint density at radius 2 is 1.02 bits per heavy atom. The maximum Gasteiger partial charge on any atom is 0.335 e. The van der Waals surface area contributed by atoms with Crippen LogP contribution in [0.4, 0.5) is 0 Å². The topological polar surface area (TPSA) is 144 Å². The second-order valence-corrected chi connectivity index (χ2v) is 15.6. The third-order valence-electron chi connectivity index (χ3n) is 9.45. The largest absolute Gasteiger partial charge is 0.489 e. The number of ether oxygens (including phenoxy) is 2. The highest BCUT2D eigenvalue weighted by Crippen LogP contribution is 2.32. The lowest BCUT2D eigenvalue weighted by molar-refractivity contribution is 0.0686. The minimum Gasteiger partial charge on any atom is -0.489 e. The number of aromatic carboxylic acids is 2. The second-order valence-electron chi connectivity index (χ2n) is 13.8. The van der Waals surface area contributed by atoms with E-state index in [2.05, 4.69) is 0 Å². The molecule has 61 heavy (non-hydrogen) atoms. The summed E-state index contributed by atoms with van der Waals surface area (Å²) in [7, 11) is 0. The highest BCUT2D eigenvalue weighted by Gasteiger charge is 2.25. The standard InChI is InChI=1S/C24H16Cl2O4.C17H14O4.C7H4Cl2O/c25-19-8-15(9-20(26)12-19)7-18-10-17-11-21(5-6-22(17)23(18)27)30-13-14-1-3-16(4-2-14)24(28)29;18-16-8-5-13-9-14(6-7-15(13)16)21-10-11-1-3-12(4-2-11)17(19)20;8-6-1-5(4-10)2-7(9)3-6/h1-9,11-12H,10,13H2,(H,28,29);1-4,6-7,9H,5,8,10H2,(H,19,20);1-4H/b18-7+;;. The van der Waals surface area contributed by atoms with Crippen LogP contribution >= 0.6 is 46.4 Å². The van der Waals surface area contributed by atoms with E-state index in [-0.39, 0.29) is 22.7 Å². The molecule has 0 atom stereocenters. The van der Waals surface area contributed by atoms with Crippen molar-refractivity contribution in [3.05, 3.63) is 203 Å². The molecule has 0 amide bonds. The van der Waals surface area contributed by atoms with Crippen LogP contribution in [-0.4, -0.2) is 40.0 Å². The van der Waals surface area contributed by atoms with Crippen molar-refractivity contribution in [1.29, 1.82) is 0 Å². The molecule has 308 valence electrons. The van der Waals surface area contributed by atoms with Crippen molar-refractivity contribution in [2.24, 2.45) is 0 Å². The normalized spacial score (nSPS) is 13.0. The average Bonchev–Trinajstić information content (AvgIpc) is 3.76. The number of aldehydes is 1. The highest BCUT2D eigenvalue weighted by atomic mass is 35.5. The molecule has 0 spiro atoms. The van der Waals surface area contributed by atoms with Crippen molar-refractivity contribution in [1.82, 2.24) is 0 Å². The lowest BCUT2D eigenvalue weighted by atomic mass is 10.1. The molecule has 6 aromatic rings. The first-order chi connectivity index (χ1) is 29.2. The zero-order valence-electron chi connectivity index (χ0n) is 32.0. The molecule has 0 saturated carbocycles. The Morgan fingerprint density at radius 3 is 1.49 bits per heavy atom. The van der Waals surface area contributed by atoms with E-state index in [4.69, 9.17) is 66.1 Å². The fourth-order valence-corrected chi connectivity index (χ4v) is 7.53. The van der Waals surface area contributed by atoms with Gasteiger partial charge in [-0.2, -0.15) is 0 Å². The molecule has 0 aromatic heterocycles. The average molecular weight is 897 g/mol. The predicted molar refractivity (Wildman–Crippen MR) is 235 cm³/mol. The zero-order valence-corrected chi connectivity index (χ0v) is 35.0. The van der Waals surface area contributed by atoms with E-state index in [1.807, 2.05) is 24.3 Å². The van der Waals surface area contributed by atoms with Gasteiger partial charge in [0.05, 0.1) is 11.1 Å². The van der Waals surface area contributed by atoms with E-state index in [1.165, 1.54) is 0 Å². The van der Waals surface area contributed by atoms with Crippen LogP contribution in [-0.2, 0) is 26.1 Å². The van der Waals surface area contributed by atoms with Crippen LogP contribution in [0.25, 0.3) is 6.08 Å². The first kappa shape index (κ1) is 44.3. The van der Waals surface area contributed by atoms with Crippen LogP contribution in [0.2, 0.25) is 20.1 Å². The van der Waals surface area contributed by atoms with Gasteiger partial charge in [0.25, 0.3) is 0 Å². The van der Waals surface area contributed by atoms with Crippen LogP contribution in [0.1, 0.15) is 86.0 Å². The number of Topliss-reactive ketones (excluding diaryl/α,β-unsaturated/α-hetero) is 2. The molecule has 9 nitrogen and oxygen atoms in total. The molecule has 0 aliphatic heterocycles. The Morgan fingerprint density at radius 1 is 0.557 bits per heavy atom. The number of fused-ring (bicyclic) bond motifs is 2. The van der Waals surface area contributed by atoms with Crippen LogP contribution in [0, 0.1) is 0 Å². The summed E-state index contributed by atoms with van der Waals surface area (Å²) in [6.07, 6.45) is 4.37. The number of hydrogen-bond donors (Lipinski definition) is 2. The van der Waals surface area contributed by atoms with Crippen molar-refractivity contribution in [3.63, 3.8) is 0 Å². The summed E-state index contributed by atoms with van der Waals surface area (Å²) in [4.78, 5) is 56.2. The van der Waals surface area contributed by atoms with Gasteiger partial charge in [0.2, 0.25) is 0 Å². The van der Waals surface area contributed by atoms with Crippen molar-refractivity contribution in [2.75, 3.05) is 0 Å². The summed E-state index contributed by atoms with van der Waals surface area (Å²) in [5.74, 6) is -0.347. The predicted octanol–water partition coefficient (Wildman–Crippen LogP) is 12.0. The Bertz CT molecular complexity index is 2630. The maximum atomic E-state index is 12.7. The van der Waals surface area contributed by atoms with Crippen molar-refractivity contribution < 1.29 is 43.7 Å². The van der Waals surface area contributed by atoms with Gasteiger partial charge >= 0.3 is 11.9 Å². The molecular weight excluding hydrogens is 862 g/mol. The summed E-state index contributed by atoms with van der Waals surface area (Å²) >= 11 is 23.3. The van der Waals surface area contributed by atoms with Gasteiger partial charge in [0, 0.05) is 55.2 Å². The molecule has 0 heterocycles. The SMILES string of the molecule is O=C(O)c1ccc(COc2ccc3c(c2)C/C(=C\c2cc(Cl)cc(Cl)c2)C3=O)cc1.O=C(O)c1ccc(COc2ccc3c(c2)CCC3=O)cc1.O=Cc1cc(Cl)cc(Cl)c1. The third-order valence-corrected chi connectivity index (χ3v) is 10.3. The highest BCUT2D eigenvalue weighted by molar-refractivity contribution is 6.35. The van der Waals surface area contributed by atoms with Gasteiger partial charge in [0.15, 0.2) is 11.6 Å². The lowest BCUT2D eigenvalue weighted by Crippen LogP contribution is -1.99. The fraction of sp³-hybridized carbons (Fsp3) is 0.104. The number of allylic oxidation sites excluding steroid dienone is 1. The Hall–Kier alpha value is -6.23. The molecule has 0 bridgehead atoms. The van der Waals surface area contributed by atoms with Gasteiger partial charge in [0.1, 0.15) is 31.0 Å². The molecule has 0 radical (unpaired) electrons. The number of carbonyl (C=O) groups is 5. The van der Waals surface area contributed by atoms with E-state index < -0.39 is 11.9 Å². The molecule has 0 unspecified atom stereocenters. The van der Waals surface area contributed by atoms with Crippen molar-refractivity contribution >= 4 is 82.3 Å². The van der Waals surface area contributed by atoms with Gasteiger partial charge in [-0.1, -0.05) is 70.7 Å².